The van der Waals surface area contributed by atoms with Crippen molar-refractivity contribution in [1.82, 2.24) is 15.1 Å². The van der Waals surface area contributed by atoms with Gasteiger partial charge in [0.25, 0.3) is 5.91 Å². The molecule has 0 saturated heterocycles. The average Bonchev–Trinajstić information content (AvgIpc) is 2.89. The van der Waals surface area contributed by atoms with Crippen LogP contribution >= 0.6 is 0 Å². The molecule has 0 aliphatic carbocycles. The molecule has 0 bridgehead atoms. The van der Waals surface area contributed by atoms with Crippen molar-refractivity contribution in [2.75, 3.05) is 0 Å². The van der Waals surface area contributed by atoms with E-state index in [2.05, 4.69) is 10.4 Å². The number of carboxylic acids is 1. The molecule has 6 nitrogen and oxygen atoms in total. The zero-order valence-electron chi connectivity index (χ0n) is 12.9. The highest BCUT2D eigenvalue weighted by Gasteiger charge is 2.22. The highest BCUT2D eigenvalue weighted by Crippen LogP contribution is 2.15. The molecule has 1 heterocycles. The second-order valence-electron chi connectivity index (χ2n) is 5.18. The smallest absolute Gasteiger partial charge is 0.326 e. The molecule has 2 N–H and O–H groups in total. The second kappa shape index (κ2) is 7.04. The predicted octanol–water partition coefficient (Wildman–Crippen LogP) is 2.30. The number of amides is 1. The number of aliphatic carboxylic acids is 1. The van der Waals surface area contributed by atoms with Crippen molar-refractivity contribution in [2.45, 2.75) is 32.7 Å². The zero-order chi connectivity index (χ0) is 17.0. The van der Waals surface area contributed by atoms with Gasteiger partial charge in [0.1, 0.15) is 11.9 Å². The molecule has 0 aliphatic heterocycles. The number of nitrogens with zero attached hydrogens (tertiary/aromatic N) is 2. The third-order valence-corrected chi connectivity index (χ3v) is 3.51. The lowest BCUT2D eigenvalue weighted by atomic mass is 10.1. The molecule has 1 amide bonds. The van der Waals surface area contributed by atoms with Crippen molar-refractivity contribution < 1.29 is 19.1 Å². The largest absolute Gasteiger partial charge is 0.480 e. The zero-order valence-corrected chi connectivity index (χ0v) is 12.9. The van der Waals surface area contributed by atoms with Crippen LogP contribution in [0.25, 0.3) is 5.69 Å². The fraction of sp³-hybridized carbons (Fsp3) is 0.312. The molecule has 1 unspecified atom stereocenters. The van der Waals surface area contributed by atoms with E-state index in [-0.39, 0.29) is 11.4 Å². The molecule has 23 heavy (non-hydrogen) atoms. The van der Waals surface area contributed by atoms with Gasteiger partial charge in [-0.3, -0.25) is 4.79 Å². The lowest BCUT2D eigenvalue weighted by Crippen LogP contribution is -2.40. The first kappa shape index (κ1) is 16.7. The number of benzene rings is 1. The summed E-state index contributed by atoms with van der Waals surface area (Å²) in [6, 6.07) is 4.78. The van der Waals surface area contributed by atoms with Crippen molar-refractivity contribution in [2.24, 2.45) is 0 Å². The first-order chi connectivity index (χ1) is 10.9. The molecule has 1 aromatic carbocycles. The standard InChI is InChI=1S/C16H18FN3O3/c1-3-4-14(16(22)23)19-15(21)13-9-18-20(10(13)2)12-7-5-11(17)6-8-12/h5-9,14H,3-4H2,1-2H3,(H,19,21)(H,22,23). The van der Waals surface area contributed by atoms with Crippen molar-refractivity contribution in [1.29, 1.82) is 0 Å². The number of nitrogens with one attached hydrogen (secondary N) is 1. The lowest BCUT2D eigenvalue weighted by Gasteiger charge is -2.13. The molecule has 1 aromatic heterocycles. The van der Waals surface area contributed by atoms with Gasteiger partial charge in [-0.15, -0.1) is 0 Å². The Morgan fingerprint density at radius 1 is 1.35 bits per heavy atom. The van der Waals surface area contributed by atoms with Crippen LogP contribution < -0.4 is 5.32 Å². The summed E-state index contributed by atoms with van der Waals surface area (Å²) in [5.41, 5.74) is 1.46. The van der Waals surface area contributed by atoms with Gasteiger partial charge in [0.15, 0.2) is 0 Å². The number of carbonyl (C=O) groups is 2. The number of carboxylic acid groups (broad SMARTS) is 1. The Kier molecular flexibility index (Phi) is 5.10. The Bertz CT molecular complexity index is 710. The number of carbonyl (C=O) groups excluding carboxylic acids is 1. The summed E-state index contributed by atoms with van der Waals surface area (Å²) in [5.74, 6) is -1.92. The van der Waals surface area contributed by atoms with Crippen LogP contribution in [0, 0.1) is 12.7 Å². The summed E-state index contributed by atoms with van der Waals surface area (Å²) in [6.45, 7) is 3.54. The van der Waals surface area contributed by atoms with Gasteiger partial charge in [-0.05, 0) is 37.6 Å². The lowest BCUT2D eigenvalue weighted by molar-refractivity contribution is -0.139. The van der Waals surface area contributed by atoms with Gasteiger partial charge in [-0.1, -0.05) is 13.3 Å². The molecule has 0 spiro atoms. The van der Waals surface area contributed by atoms with Gasteiger partial charge in [0.2, 0.25) is 0 Å². The summed E-state index contributed by atoms with van der Waals surface area (Å²) in [7, 11) is 0. The predicted molar refractivity (Wildman–Crippen MR) is 82.1 cm³/mol. The van der Waals surface area contributed by atoms with Crippen molar-refractivity contribution in [3.8, 4) is 5.69 Å². The Hall–Kier alpha value is -2.70. The van der Waals surface area contributed by atoms with Gasteiger partial charge in [0.05, 0.1) is 23.1 Å². The maximum atomic E-state index is 13.0. The minimum Gasteiger partial charge on any atom is -0.480 e. The van der Waals surface area contributed by atoms with Crippen LogP contribution in [-0.4, -0.2) is 32.8 Å². The minimum absolute atomic E-state index is 0.289. The maximum Gasteiger partial charge on any atom is 0.326 e. The first-order valence-corrected chi connectivity index (χ1v) is 7.28. The van der Waals surface area contributed by atoms with Gasteiger partial charge >= 0.3 is 5.97 Å². The fourth-order valence-electron chi connectivity index (χ4n) is 2.26. The summed E-state index contributed by atoms with van der Waals surface area (Å²) in [5, 5.41) is 15.7. The topological polar surface area (TPSA) is 84.2 Å². The molecule has 0 radical (unpaired) electrons. The third kappa shape index (κ3) is 3.74. The van der Waals surface area contributed by atoms with E-state index in [1.165, 1.54) is 23.0 Å². The van der Waals surface area contributed by atoms with Gasteiger partial charge in [-0.25, -0.2) is 13.9 Å². The Morgan fingerprint density at radius 3 is 2.57 bits per heavy atom. The van der Waals surface area contributed by atoms with Crippen LogP contribution in [0.2, 0.25) is 0 Å². The molecule has 2 aromatic rings. The van der Waals surface area contributed by atoms with E-state index in [1.54, 1.807) is 19.1 Å². The van der Waals surface area contributed by atoms with Gasteiger partial charge in [0, 0.05) is 0 Å². The van der Waals surface area contributed by atoms with E-state index in [4.69, 9.17) is 5.11 Å². The van der Waals surface area contributed by atoms with Crippen LogP contribution in [0.4, 0.5) is 4.39 Å². The third-order valence-electron chi connectivity index (χ3n) is 3.51. The molecule has 0 aliphatic rings. The van der Waals surface area contributed by atoms with Gasteiger partial charge < -0.3 is 10.4 Å². The molecule has 7 heteroatoms. The van der Waals surface area contributed by atoms with Crippen LogP contribution in [0.15, 0.2) is 30.5 Å². The molecular formula is C16H18FN3O3. The van der Waals surface area contributed by atoms with E-state index >= 15 is 0 Å². The average molecular weight is 319 g/mol. The van der Waals surface area contributed by atoms with Crippen LogP contribution in [-0.2, 0) is 4.79 Å². The summed E-state index contributed by atoms with van der Waals surface area (Å²) >= 11 is 0. The number of rotatable bonds is 6. The highest BCUT2D eigenvalue weighted by molar-refractivity contribution is 5.97. The number of aromatic nitrogens is 2. The van der Waals surface area contributed by atoms with Crippen molar-refractivity contribution in [3.05, 3.63) is 47.5 Å². The summed E-state index contributed by atoms with van der Waals surface area (Å²) in [4.78, 5) is 23.4. The molecule has 0 fully saturated rings. The van der Waals surface area contributed by atoms with Crippen LogP contribution in [0.5, 0.6) is 0 Å². The molecule has 2 rings (SSSR count). The maximum absolute atomic E-state index is 13.0. The first-order valence-electron chi connectivity index (χ1n) is 7.28. The fourth-order valence-corrected chi connectivity index (χ4v) is 2.26. The van der Waals surface area contributed by atoms with Crippen LogP contribution in [0.3, 0.4) is 0 Å². The summed E-state index contributed by atoms with van der Waals surface area (Å²) < 4.78 is 14.5. The van der Waals surface area contributed by atoms with E-state index in [9.17, 15) is 14.0 Å². The Morgan fingerprint density at radius 2 is 2.00 bits per heavy atom. The normalized spacial score (nSPS) is 12.0. The highest BCUT2D eigenvalue weighted by atomic mass is 19.1. The molecule has 0 saturated carbocycles. The molecule has 122 valence electrons. The van der Waals surface area contributed by atoms with E-state index in [0.29, 0.717) is 24.2 Å². The van der Waals surface area contributed by atoms with E-state index in [0.717, 1.165) is 0 Å². The summed E-state index contributed by atoms with van der Waals surface area (Å²) in [6.07, 6.45) is 2.37. The number of halogens is 1. The van der Waals surface area contributed by atoms with Crippen LogP contribution in [0.1, 0.15) is 35.8 Å². The quantitative estimate of drug-likeness (QED) is 0.855. The van der Waals surface area contributed by atoms with Gasteiger partial charge in [-0.2, -0.15) is 5.10 Å². The van der Waals surface area contributed by atoms with Crippen molar-refractivity contribution in [3.63, 3.8) is 0 Å². The Labute approximate surface area is 132 Å². The number of hydrogen-bond acceptors (Lipinski definition) is 3. The van der Waals surface area contributed by atoms with E-state index in [1.807, 2.05) is 6.92 Å². The minimum atomic E-state index is -1.07. The second-order valence-corrected chi connectivity index (χ2v) is 5.18. The monoisotopic (exact) mass is 319 g/mol. The number of hydrogen-bond donors (Lipinski definition) is 2. The molecule has 1 atom stereocenters. The SMILES string of the molecule is CCCC(NC(=O)c1cnn(-c2ccc(F)cc2)c1C)C(=O)O. The molecular weight excluding hydrogens is 301 g/mol. The van der Waals surface area contributed by atoms with Crippen molar-refractivity contribution >= 4 is 11.9 Å². The Balaban J connectivity index is 2.22. The van der Waals surface area contributed by atoms with E-state index < -0.39 is 17.9 Å².